The van der Waals surface area contributed by atoms with E-state index in [-0.39, 0.29) is 6.61 Å². The number of aromatic nitrogens is 1. The normalized spacial score (nSPS) is 11.4. The van der Waals surface area contributed by atoms with Gasteiger partial charge in [-0.2, -0.15) is 0 Å². The summed E-state index contributed by atoms with van der Waals surface area (Å²) in [6, 6.07) is 9.71. The van der Waals surface area contributed by atoms with E-state index in [9.17, 15) is 9.59 Å². The number of pyridine rings is 1. The molecule has 1 atom stereocenters. The Labute approximate surface area is 164 Å². The van der Waals surface area contributed by atoms with Gasteiger partial charge < -0.3 is 19.5 Å². The van der Waals surface area contributed by atoms with E-state index in [1.54, 1.807) is 26.2 Å². The molecule has 2 rings (SSSR count). The van der Waals surface area contributed by atoms with Crippen LogP contribution in [0.5, 0.6) is 11.5 Å². The molecular formula is C20H25N3O5. The molecule has 0 spiro atoms. The molecule has 0 fully saturated rings. The molecule has 150 valence electrons. The minimum Gasteiger partial charge on any atom is -0.497 e. The highest BCUT2D eigenvalue weighted by molar-refractivity contribution is 6.08. The highest BCUT2D eigenvalue weighted by atomic mass is 16.5. The van der Waals surface area contributed by atoms with Gasteiger partial charge in [-0.15, -0.1) is 0 Å². The zero-order valence-corrected chi connectivity index (χ0v) is 16.2. The molecule has 2 aromatic rings. The third kappa shape index (κ3) is 6.24. The summed E-state index contributed by atoms with van der Waals surface area (Å²) >= 11 is 0. The van der Waals surface area contributed by atoms with Crippen LogP contribution in [0.15, 0.2) is 42.6 Å². The SMILES string of the molecule is CCOC(=O)C(NCCc1ccc(OC)cc1)C(=O)Nc1ccc(OC)cn1. The van der Waals surface area contributed by atoms with Gasteiger partial charge in [0.15, 0.2) is 6.04 Å². The first-order chi connectivity index (χ1) is 13.6. The Morgan fingerprint density at radius 1 is 1.04 bits per heavy atom. The standard InChI is InChI=1S/C20H25N3O5/c1-4-28-20(25)18(19(24)23-17-10-9-16(27-3)13-22-17)21-12-11-14-5-7-15(26-2)8-6-14/h5-10,13,18,21H,4,11-12H2,1-3H3,(H,22,23,24). The van der Waals surface area contributed by atoms with Crippen LogP contribution in [0.25, 0.3) is 0 Å². The number of esters is 1. The average Bonchev–Trinajstić information content (AvgIpc) is 2.72. The van der Waals surface area contributed by atoms with Crippen molar-refractivity contribution < 1.29 is 23.8 Å². The summed E-state index contributed by atoms with van der Waals surface area (Å²) in [5.74, 6) is 0.483. The van der Waals surface area contributed by atoms with Gasteiger partial charge in [0.25, 0.3) is 5.91 Å². The molecule has 28 heavy (non-hydrogen) atoms. The topological polar surface area (TPSA) is 98.8 Å². The molecule has 1 aromatic carbocycles. The van der Waals surface area contributed by atoms with Gasteiger partial charge >= 0.3 is 5.97 Å². The Hall–Kier alpha value is -3.13. The van der Waals surface area contributed by atoms with E-state index >= 15 is 0 Å². The van der Waals surface area contributed by atoms with E-state index in [4.69, 9.17) is 14.2 Å². The molecule has 1 unspecified atom stereocenters. The van der Waals surface area contributed by atoms with Gasteiger partial charge in [-0.25, -0.2) is 9.78 Å². The molecule has 1 amide bonds. The number of carbonyl (C=O) groups is 2. The van der Waals surface area contributed by atoms with Crippen molar-refractivity contribution in [1.82, 2.24) is 10.3 Å². The second-order valence-corrected chi connectivity index (χ2v) is 5.81. The third-order valence-electron chi connectivity index (χ3n) is 3.93. The molecule has 1 heterocycles. The summed E-state index contributed by atoms with van der Waals surface area (Å²) in [7, 11) is 3.13. The fourth-order valence-corrected chi connectivity index (χ4v) is 2.44. The van der Waals surface area contributed by atoms with Crippen molar-refractivity contribution in [3.05, 3.63) is 48.2 Å². The van der Waals surface area contributed by atoms with Crippen molar-refractivity contribution in [3.63, 3.8) is 0 Å². The predicted molar refractivity (Wildman–Crippen MR) is 105 cm³/mol. The molecular weight excluding hydrogens is 362 g/mol. The van der Waals surface area contributed by atoms with E-state index in [1.807, 2.05) is 24.3 Å². The summed E-state index contributed by atoms with van der Waals surface area (Å²) in [6.07, 6.45) is 2.11. The van der Waals surface area contributed by atoms with Crippen LogP contribution in [0.4, 0.5) is 5.82 Å². The summed E-state index contributed by atoms with van der Waals surface area (Å²) < 4.78 is 15.2. The van der Waals surface area contributed by atoms with Gasteiger partial charge in [-0.3, -0.25) is 10.1 Å². The van der Waals surface area contributed by atoms with Gasteiger partial charge in [0.05, 0.1) is 27.0 Å². The van der Waals surface area contributed by atoms with Gasteiger partial charge in [-0.1, -0.05) is 12.1 Å². The number of hydrogen-bond donors (Lipinski definition) is 2. The summed E-state index contributed by atoms with van der Waals surface area (Å²) in [5.41, 5.74) is 1.05. The predicted octanol–water partition coefficient (Wildman–Crippen LogP) is 1.80. The Morgan fingerprint density at radius 2 is 1.71 bits per heavy atom. The fraction of sp³-hybridized carbons (Fsp3) is 0.350. The lowest BCUT2D eigenvalue weighted by Gasteiger charge is -2.17. The smallest absolute Gasteiger partial charge is 0.332 e. The highest BCUT2D eigenvalue weighted by Gasteiger charge is 2.27. The van der Waals surface area contributed by atoms with Crippen molar-refractivity contribution in [3.8, 4) is 11.5 Å². The Balaban J connectivity index is 1.97. The average molecular weight is 387 g/mol. The van der Waals surface area contributed by atoms with Crippen LogP contribution in [-0.4, -0.2) is 50.3 Å². The molecule has 0 radical (unpaired) electrons. The molecule has 0 saturated heterocycles. The lowest BCUT2D eigenvalue weighted by Crippen LogP contribution is -2.48. The van der Waals surface area contributed by atoms with Crippen LogP contribution in [0.2, 0.25) is 0 Å². The van der Waals surface area contributed by atoms with Crippen LogP contribution in [0.3, 0.4) is 0 Å². The maximum absolute atomic E-state index is 12.5. The zero-order valence-electron chi connectivity index (χ0n) is 16.2. The van der Waals surface area contributed by atoms with Crippen molar-refractivity contribution in [2.24, 2.45) is 0 Å². The van der Waals surface area contributed by atoms with Gasteiger partial charge in [0, 0.05) is 6.54 Å². The minimum absolute atomic E-state index is 0.184. The monoisotopic (exact) mass is 387 g/mol. The highest BCUT2D eigenvalue weighted by Crippen LogP contribution is 2.12. The number of hydrogen-bond acceptors (Lipinski definition) is 7. The maximum Gasteiger partial charge on any atom is 0.332 e. The van der Waals surface area contributed by atoms with E-state index in [0.717, 1.165) is 11.3 Å². The van der Waals surface area contributed by atoms with E-state index in [0.29, 0.717) is 24.5 Å². The number of nitrogens with one attached hydrogen (secondary N) is 2. The van der Waals surface area contributed by atoms with E-state index in [1.165, 1.54) is 13.3 Å². The number of nitrogens with zero attached hydrogens (tertiary/aromatic N) is 1. The Morgan fingerprint density at radius 3 is 2.29 bits per heavy atom. The number of benzene rings is 1. The quantitative estimate of drug-likeness (QED) is 0.474. The van der Waals surface area contributed by atoms with E-state index in [2.05, 4.69) is 15.6 Å². The zero-order chi connectivity index (χ0) is 20.4. The minimum atomic E-state index is -1.14. The maximum atomic E-state index is 12.5. The molecule has 0 bridgehead atoms. The van der Waals surface area contributed by atoms with Crippen LogP contribution in [-0.2, 0) is 20.7 Å². The lowest BCUT2D eigenvalue weighted by atomic mass is 10.1. The summed E-state index contributed by atoms with van der Waals surface area (Å²) in [5, 5.41) is 5.56. The Bertz CT molecular complexity index is 762. The van der Waals surface area contributed by atoms with Crippen molar-refractivity contribution in [2.75, 3.05) is 32.7 Å². The summed E-state index contributed by atoms with van der Waals surface area (Å²) in [4.78, 5) is 28.8. The van der Waals surface area contributed by atoms with Crippen molar-refractivity contribution in [2.45, 2.75) is 19.4 Å². The van der Waals surface area contributed by atoms with Crippen molar-refractivity contribution in [1.29, 1.82) is 0 Å². The molecule has 8 nitrogen and oxygen atoms in total. The summed E-state index contributed by atoms with van der Waals surface area (Å²) in [6.45, 7) is 2.29. The lowest BCUT2D eigenvalue weighted by molar-refractivity contribution is -0.148. The number of rotatable bonds is 10. The number of methoxy groups -OCH3 is 2. The van der Waals surface area contributed by atoms with Gasteiger partial charge in [0.2, 0.25) is 0 Å². The Kier molecular flexibility index (Phi) is 8.23. The van der Waals surface area contributed by atoms with Gasteiger partial charge in [0.1, 0.15) is 17.3 Å². The molecule has 0 aliphatic heterocycles. The molecule has 8 heteroatoms. The first kappa shape index (κ1) is 21.2. The second kappa shape index (κ2) is 10.9. The molecule has 0 aliphatic rings. The number of amides is 1. The molecule has 0 saturated carbocycles. The number of carbonyl (C=O) groups excluding carboxylic acids is 2. The van der Waals surface area contributed by atoms with Crippen molar-refractivity contribution >= 4 is 17.7 Å². The number of ether oxygens (including phenoxy) is 3. The fourth-order valence-electron chi connectivity index (χ4n) is 2.44. The number of anilines is 1. The van der Waals surface area contributed by atoms with Crippen LogP contribution in [0, 0.1) is 0 Å². The van der Waals surface area contributed by atoms with Gasteiger partial charge in [-0.05, 0) is 43.2 Å². The molecule has 1 aromatic heterocycles. The van der Waals surface area contributed by atoms with Crippen LogP contribution < -0.4 is 20.1 Å². The molecule has 0 aliphatic carbocycles. The first-order valence-corrected chi connectivity index (χ1v) is 8.91. The second-order valence-electron chi connectivity index (χ2n) is 5.81. The first-order valence-electron chi connectivity index (χ1n) is 8.91. The largest absolute Gasteiger partial charge is 0.497 e. The van der Waals surface area contributed by atoms with Crippen LogP contribution in [0.1, 0.15) is 12.5 Å². The molecule has 2 N–H and O–H groups in total. The third-order valence-corrected chi connectivity index (χ3v) is 3.93. The van der Waals surface area contributed by atoms with E-state index < -0.39 is 17.9 Å². The van der Waals surface area contributed by atoms with Crippen LogP contribution >= 0.6 is 0 Å².